The zero-order valence-electron chi connectivity index (χ0n) is 14.6. The number of carbonyl (C=O) groups excluding carboxylic acids is 1. The average molecular weight is 329 g/mol. The highest BCUT2D eigenvalue weighted by atomic mass is 16.5. The van der Waals surface area contributed by atoms with Gasteiger partial charge in [0.25, 0.3) is 0 Å². The van der Waals surface area contributed by atoms with Gasteiger partial charge in [-0.25, -0.2) is 0 Å². The maximum absolute atomic E-state index is 12.6. The largest absolute Gasteiger partial charge is 0.493 e. The number of methoxy groups -OCH3 is 2. The lowest BCUT2D eigenvalue weighted by atomic mass is 10.1. The van der Waals surface area contributed by atoms with Crippen molar-refractivity contribution in [3.63, 3.8) is 0 Å². The zero-order chi connectivity index (χ0) is 17.3. The molecule has 0 spiro atoms. The minimum atomic E-state index is -0.0293. The number of Topliss-reactive ketones (excluding diaryl/α,β-unsaturated/α-hetero) is 1. The molecule has 0 saturated heterocycles. The fraction of sp³-hybridized carbons (Fsp3) is 0.421. The number of carbonyl (C=O) groups is 1. The van der Waals surface area contributed by atoms with Gasteiger partial charge in [-0.1, -0.05) is 6.07 Å². The maximum Gasteiger partial charge on any atom is 0.203 e. The first-order valence-corrected chi connectivity index (χ1v) is 8.12. The Kier molecular flexibility index (Phi) is 4.51. The van der Waals surface area contributed by atoms with E-state index >= 15 is 0 Å². The molecule has 1 fully saturated rings. The van der Waals surface area contributed by atoms with Gasteiger partial charge in [-0.3, -0.25) is 4.79 Å². The van der Waals surface area contributed by atoms with Crippen LogP contribution in [0.4, 0.5) is 0 Å². The van der Waals surface area contributed by atoms with Gasteiger partial charge in [0.1, 0.15) is 0 Å². The third kappa shape index (κ3) is 2.98. The van der Waals surface area contributed by atoms with Gasteiger partial charge in [0.05, 0.1) is 14.2 Å². The van der Waals surface area contributed by atoms with Gasteiger partial charge >= 0.3 is 0 Å². The molecule has 1 aliphatic carbocycles. The Morgan fingerprint density at radius 3 is 2.50 bits per heavy atom. The highest BCUT2D eigenvalue weighted by Gasteiger charge is 2.28. The molecule has 0 unspecified atom stereocenters. The molecule has 1 aromatic heterocycles. The van der Waals surface area contributed by atoms with Crippen molar-refractivity contribution in [1.82, 2.24) is 4.57 Å². The van der Waals surface area contributed by atoms with Gasteiger partial charge in [-0.2, -0.15) is 0 Å². The smallest absolute Gasteiger partial charge is 0.203 e. The van der Waals surface area contributed by atoms with Gasteiger partial charge < -0.3 is 18.8 Å². The van der Waals surface area contributed by atoms with E-state index in [4.69, 9.17) is 14.2 Å². The number of ketones is 1. The molecule has 0 amide bonds. The molecule has 5 nitrogen and oxygen atoms in total. The number of aromatic nitrogens is 1. The molecule has 0 N–H and O–H groups in total. The van der Waals surface area contributed by atoms with Gasteiger partial charge in [0.2, 0.25) is 11.5 Å². The van der Waals surface area contributed by atoms with Crippen molar-refractivity contribution in [2.75, 3.05) is 20.8 Å². The maximum atomic E-state index is 12.6. The van der Waals surface area contributed by atoms with Crippen LogP contribution in [0.1, 0.15) is 40.6 Å². The second-order valence-electron chi connectivity index (χ2n) is 6.09. The van der Waals surface area contributed by atoms with Crippen LogP contribution < -0.4 is 14.2 Å². The molecule has 1 aromatic carbocycles. The quantitative estimate of drug-likeness (QED) is 0.727. The number of para-hydroxylation sites is 1. The fourth-order valence-corrected chi connectivity index (χ4v) is 3.15. The molecule has 0 bridgehead atoms. The SMILES string of the molecule is COc1cccc(OCC(=O)c2cc(C)n(C3CC3)c2C)c1OC. The molecule has 2 aromatic rings. The Morgan fingerprint density at radius 2 is 1.88 bits per heavy atom. The summed E-state index contributed by atoms with van der Waals surface area (Å²) < 4.78 is 18.5. The minimum Gasteiger partial charge on any atom is -0.493 e. The van der Waals surface area contributed by atoms with E-state index in [2.05, 4.69) is 4.57 Å². The van der Waals surface area contributed by atoms with Crippen LogP contribution in [0.5, 0.6) is 17.2 Å². The molecule has 1 heterocycles. The number of hydrogen-bond acceptors (Lipinski definition) is 4. The van der Waals surface area contributed by atoms with Crippen molar-refractivity contribution in [2.45, 2.75) is 32.7 Å². The van der Waals surface area contributed by atoms with Crippen molar-refractivity contribution in [2.24, 2.45) is 0 Å². The molecule has 0 atom stereocenters. The Morgan fingerprint density at radius 1 is 1.17 bits per heavy atom. The summed E-state index contributed by atoms with van der Waals surface area (Å²) in [6.07, 6.45) is 2.39. The molecule has 3 rings (SSSR count). The first-order valence-electron chi connectivity index (χ1n) is 8.12. The van der Waals surface area contributed by atoms with Crippen LogP contribution in [0.3, 0.4) is 0 Å². The van der Waals surface area contributed by atoms with Gasteiger partial charge in [-0.05, 0) is 44.9 Å². The highest BCUT2D eigenvalue weighted by Crippen LogP contribution is 2.39. The zero-order valence-corrected chi connectivity index (χ0v) is 14.6. The average Bonchev–Trinajstić information content (AvgIpc) is 3.37. The molecule has 128 valence electrons. The van der Waals surface area contributed by atoms with Crippen LogP contribution in [0.25, 0.3) is 0 Å². The molecule has 24 heavy (non-hydrogen) atoms. The topological polar surface area (TPSA) is 49.7 Å². The molecule has 5 heteroatoms. The van der Waals surface area contributed by atoms with E-state index in [1.807, 2.05) is 19.9 Å². The molecular formula is C19H23NO4. The van der Waals surface area contributed by atoms with Crippen molar-refractivity contribution in [3.8, 4) is 17.2 Å². The van der Waals surface area contributed by atoms with Crippen molar-refractivity contribution >= 4 is 5.78 Å². The second kappa shape index (κ2) is 6.59. The summed E-state index contributed by atoms with van der Waals surface area (Å²) in [5, 5.41) is 0. The molecule has 0 aliphatic heterocycles. The van der Waals surface area contributed by atoms with Crippen molar-refractivity contribution in [3.05, 3.63) is 41.2 Å². The normalized spacial score (nSPS) is 13.7. The summed E-state index contributed by atoms with van der Waals surface area (Å²) in [5.74, 6) is 1.55. The Bertz CT molecular complexity index is 759. The van der Waals surface area contributed by atoms with Crippen LogP contribution in [-0.2, 0) is 0 Å². The summed E-state index contributed by atoms with van der Waals surface area (Å²) >= 11 is 0. The second-order valence-corrected chi connectivity index (χ2v) is 6.09. The van der Waals surface area contributed by atoms with Gasteiger partial charge in [0, 0.05) is 23.0 Å². The van der Waals surface area contributed by atoms with Crippen LogP contribution in [0.15, 0.2) is 24.3 Å². The van der Waals surface area contributed by atoms with Crippen LogP contribution in [-0.4, -0.2) is 31.2 Å². The van der Waals surface area contributed by atoms with Crippen LogP contribution in [0, 0.1) is 13.8 Å². The number of benzene rings is 1. The third-order valence-corrected chi connectivity index (χ3v) is 4.42. The van der Waals surface area contributed by atoms with Gasteiger partial charge in [-0.15, -0.1) is 0 Å². The minimum absolute atomic E-state index is 0.0279. The van der Waals surface area contributed by atoms with E-state index < -0.39 is 0 Å². The Labute approximate surface area is 142 Å². The van der Waals surface area contributed by atoms with E-state index in [0.29, 0.717) is 23.3 Å². The van der Waals surface area contributed by atoms with E-state index in [9.17, 15) is 4.79 Å². The van der Waals surface area contributed by atoms with Crippen molar-refractivity contribution in [1.29, 1.82) is 0 Å². The number of hydrogen-bond donors (Lipinski definition) is 0. The predicted molar refractivity (Wildman–Crippen MR) is 91.5 cm³/mol. The lowest BCUT2D eigenvalue weighted by Crippen LogP contribution is -2.13. The summed E-state index contributed by atoms with van der Waals surface area (Å²) in [5.41, 5.74) is 2.90. The number of aryl methyl sites for hydroxylation is 1. The standard InChI is InChI=1S/C19H23NO4/c1-12-10-15(13(2)20(12)14-8-9-14)16(21)11-24-18-7-5-6-17(22-3)19(18)23-4/h5-7,10,14H,8-9,11H2,1-4H3. The Hall–Kier alpha value is -2.43. The molecular weight excluding hydrogens is 306 g/mol. The summed E-state index contributed by atoms with van der Waals surface area (Å²) in [6.45, 7) is 4.03. The lowest BCUT2D eigenvalue weighted by Gasteiger charge is -2.13. The summed E-state index contributed by atoms with van der Waals surface area (Å²) in [6, 6.07) is 7.88. The first kappa shape index (κ1) is 16.4. The highest BCUT2D eigenvalue weighted by molar-refractivity contribution is 5.98. The van der Waals surface area contributed by atoms with Crippen LogP contribution >= 0.6 is 0 Å². The monoisotopic (exact) mass is 329 g/mol. The van der Waals surface area contributed by atoms with Gasteiger partial charge in [0.15, 0.2) is 18.1 Å². The van der Waals surface area contributed by atoms with E-state index in [1.54, 1.807) is 32.4 Å². The lowest BCUT2D eigenvalue weighted by molar-refractivity contribution is 0.0918. The number of nitrogens with zero attached hydrogens (tertiary/aromatic N) is 1. The van der Waals surface area contributed by atoms with E-state index in [1.165, 1.54) is 12.8 Å². The summed E-state index contributed by atoms with van der Waals surface area (Å²) in [7, 11) is 3.12. The number of ether oxygens (including phenoxy) is 3. The molecule has 0 radical (unpaired) electrons. The van der Waals surface area contributed by atoms with E-state index in [0.717, 1.165) is 17.0 Å². The summed E-state index contributed by atoms with van der Waals surface area (Å²) in [4.78, 5) is 12.6. The molecule has 1 aliphatic rings. The Balaban J connectivity index is 1.76. The van der Waals surface area contributed by atoms with E-state index in [-0.39, 0.29) is 12.4 Å². The third-order valence-electron chi connectivity index (χ3n) is 4.42. The fourth-order valence-electron chi connectivity index (χ4n) is 3.15. The van der Waals surface area contributed by atoms with Crippen molar-refractivity contribution < 1.29 is 19.0 Å². The molecule has 1 saturated carbocycles. The number of rotatable bonds is 7. The first-order chi connectivity index (χ1) is 11.6. The van der Waals surface area contributed by atoms with Crippen LogP contribution in [0.2, 0.25) is 0 Å². The predicted octanol–water partition coefficient (Wildman–Crippen LogP) is 3.72.